The number of carbonyl (C=O) groups excluding carboxylic acids is 1. The number of benzene rings is 1. The molecule has 3 aromatic rings. The van der Waals surface area contributed by atoms with Crippen LogP contribution in [0.15, 0.2) is 38.3 Å². The number of carbonyl (C=O) groups is 1. The Morgan fingerprint density at radius 1 is 1.06 bits per heavy atom. The molecule has 1 atom stereocenters. The molecule has 8 heteroatoms. The minimum atomic E-state index is -0.677. The highest BCUT2D eigenvalue weighted by Crippen LogP contribution is 2.36. The van der Waals surface area contributed by atoms with Crippen molar-refractivity contribution < 1.29 is 14.3 Å². The first kappa shape index (κ1) is 24.6. The van der Waals surface area contributed by atoms with Crippen molar-refractivity contribution in [3.63, 3.8) is 0 Å². The summed E-state index contributed by atoms with van der Waals surface area (Å²) in [6, 6.07) is 6.43. The summed E-state index contributed by atoms with van der Waals surface area (Å²) < 4.78 is 6.01. The lowest BCUT2D eigenvalue weighted by Gasteiger charge is -2.24. The number of furan rings is 1. The summed E-state index contributed by atoms with van der Waals surface area (Å²) in [6.07, 6.45) is 1.88. The van der Waals surface area contributed by atoms with E-state index in [9.17, 15) is 19.5 Å². The molecule has 0 saturated carbocycles. The van der Waals surface area contributed by atoms with Crippen LogP contribution < -0.4 is 21.5 Å². The first-order valence-corrected chi connectivity index (χ1v) is 12.2. The van der Waals surface area contributed by atoms with Gasteiger partial charge in [-0.15, -0.1) is 0 Å². The van der Waals surface area contributed by atoms with Gasteiger partial charge in [0.1, 0.15) is 22.9 Å². The van der Waals surface area contributed by atoms with E-state index >= 15 is 0 Å². The van der Waals surface area contributed by atoms with Gasteiger partial charge in [-0.1, -0.05) is 33.8 Å². The fourth-order valence-corrected chi connectivity index (χ4v) is 4.66. The van der Waals surface area contributed by atoms with Gasteiger partial charge in [0.2, 0.25) is 0 Å². The quantitative estimate of drug-likeness (QED) is 0.314. The van der Waals surface area contributed by atoms with Crippen molar-refractivity contribution in [2.24, 2.45) is 5.92 Å². The van der Waals surface area contributed by atoms with Gasteiger partial charge in [-0.25, -0.2) is 0 Å². The van der Waals surface area contributed by atoms with Crippen molar-refractivity contribution >= 4 is 23.0 Å². The van der Waals surface area contributed by atoms with Gasteiger partial charge in [0.15, 0.2) is 5.75 Å². The maximum atomic E-state index is 12.8. The topological polar surface area (TPSA) is 112 Å². The summed E-state index contributed by atoms with van der Waals surface area (Å²) in [4.78, 5) is 39.5. The van der Waals surface area contributed by atoms with Crippen molar-refractivity contribution in [1.29, 1.82) is 0 Å². The Kier molecular flexibility index (Phi) is 6.74. The number of nitrogens with one attached hydrogen (secondary N) is 2. The van der Waals surface area contributed by atoms with Gasteiger partial charge in [0.05, 0.1) is 17.3 Å². The Balaban J connectivity index is 1.62. The van der Waals surface area contributed by atoms with Gasteiger partial charge in [-0.05, 0) is 55.4 Å². The molecule has 1 unspecified atom stereocenters. The fraction of sp³-hybridized carbons (Fsp3) is 0.444. The molecular weight excluding hydrogens is 446 g/mol. The summed E-state index contributed by atoms with van der Waals surface area (Å²) >= 11 is 0. The second-order valence-electron chi connectivity index (χ2n) is 9.92. The summed E-state index contributed by atoms with van der Waals surface area (Å²) in [5.74, 6) is 1.39. The average Bonchev–Trinajstić information content (AvgIpc) is 3.48. The molecule has 1 aliphatic heterocycles. The zero-order chi connectivity index (χ0) is 25.4. The molecule has 2 aromatic carbocycles. The van der Waals surface area contributed by atoms with Gasteiger partial charge < -0.3 is 25.1 Å². The highest BCUT2D eigenvalue weighted by atomic mass is 16.3. The smallest absolute Gasteiger partial charge is 0.257 e. The first-order valence-electron chi connectivity index (χ1n) is 12.2. The zero-order valence-electron chi connectivity index (χ0n) is 20.9. The largest absolute Gasteiger partial charge is 0.505 e. The third kappa shape index (κ3) is 4.57. The Morgan fingerprint density at radius 2 is 1.71 bits per heavy atom. The predicted molar refractivity (Wildman–Crippen MR) is 137 cm³/mol. The Morgan fingerprint density at radius 3 is 2.31 bits per heavy atom. The van der Waals surface area contributed by atoms with Crippen LogP contribution in [0.2, 0.25) is 0 Å². The maximum absolute atomic E-state index is 12.8. The lowest BCUT2D eigenvalue weighted by atomic mass is 9.98. The van der Waals surface area contributed by atoms with E-state index in [4.69, 9.17) is 4.42 Å². The number of phenols is 1. The molecule has 0 aliphatic carbocycles. The number of nitrogens with zero attached hydrogens (tertiary/aromatic N) is 1. The van der Waals surface area contributed by atoms with Crippen molar-refractivity contribution in [3.8, 4) is 5.75 Å². The monoisotopic (exact) mass is 479 g/mol. The second-order valence-corrected chi connectivity index (χ2v) is 9.92. The number of rotatable bonds is 8. The number of para-hydroxylation sites is 1. The van der Waals surface area contributed by atoms with E-state index in [0.717, 1.165) is 24.2 Å². The van der Waals surface area contributed by atoms with Crippen LogP contribution in [-0.4, -0.2) is 29.0 Å². The average molecular weight is 480 g/mol. The van der Waals surface area contributed by atoms with Crippen molar-refractivity contribution in [3.05, 3.63) is 67.4 Å². The molecule has 1 fully saturated rings. The number of phenolic OH excluding ortho intramolecular Hbond substituents is 1. The molecule has 186 valence electrons. The second kappa shape index (κ2) is 9.60. The molecule has 0 radical (unpaired) electrons. The molecule has 2 heterocycles. The van der Waals surface area contributed by atoms with E-state index < -0.39 is 10.9 Å². The van der Waals surface area contributed by atoms with Crippen LogP contribution in [0.3, 0.4) is 0 Å². The summed E-state index contributed by atoms with van der Waals surface area (Å²) in [6.45, 7) is 11.4. The minimum Gasteiger partial charge on any atom is -0.505 e. The minimum absolute atomic E-state index is 0.0626. The number of anilines is 3. The van der Waals surface area contributed by atoms with Crippen molar-refractivity contribution in [1.82, 2.24) is 4.90 Å². The van der Waals surface area contributed by atoms with E-state index in [2.05, 4.69) is 24.5 Å². The molecule has 1 amide bonds. The zero-order valence-corrected chi connectivity index (χ0v) is 20.9. The van der Waals surface area contributed by atoms with Crippen LogP contribution in [0.4, 0.5) is 17.1 Å². The van der Waals surface area contributed by atoms with Crippen molar-refractivity contribution in [2.45, 2.75) is 59.4 Å². The molecule has 1 aliphatic rings. The van der Waals surface area contributed by atoms with Crippen molar-refractivity contribution in [2.75, 3.05) is 23.7 Å². The molecule has 3 N–H and O–H groups in total. The summed E-state index contributed by atoms with van der Waals surface area (Å²) in [5.41, 5.74) is 0.358. The van der Waals surface area contributed by atoms with E-state index in [1.165, 1.54) is 0 Å². The first-order chi connectivity index (χ1) is 16.6. The Bertz CT molecular complexity index is 1310. The van der Waals surface area contributed by atoms with Gasteiger partial charge in [0, 0.05) is 13.1 Å². The SMILES string of the molecule is Cc1oc(C(Nc2c(Nc3cccc(C(=O)N4CCCC4)c3O)c(=O)c2=O)C(C)C)cc1C(C)C. The maximum Gasteiger partial charge on any atom is 0.257 e. The number of hydrogen-bond donors (Lipinski definition) is 3. The number of likely N-dealkylation sites (tertiary alicyclic amines) is 1. The molecule has 35 heavy (non-hydrogen) atoms. The highest BCUT2D eigenvalue weighted by molar-refractivity contribution is 5.99. The van der Waals surface area contributed by atoms with Gasteiger partial charge in [-0.3, -0.25) is 14.4 Å². The lowest BCUT2D eigenvalue weighted by Crippen LogP contribution is -2.38. The Hall–Kier alpha value is -3.55. The Labute approximate surface area is 204 Å². The van der Waals surface area contributed by atoms with Crippen LogP contribution in [0, 0.1) is 12.8 Å². The van der Waals surface area contributed by atoms with Crippen LogP contribution in [0.5, 0.6) is 5.75 Å². The number of hydrogen-bond acceptors (Lipinski definition) is 7. The van der Waals surface area contributed by atoms with E-state index in [-0.39, 0.29) is 46.2 Å². The summed E-state index contributed by atoms with van der Waals surface area (Å²) in [7, 11) is 0. The van der Waals surface area contributed by atoms with Gasteiger partial charge in [0.25, 0.3) is 16.8 Å². The van der Waals surface area contributed by atoms with Crippen LogP contribution >= 0.6 is 0 Å². The van der Waals surface area contributed by atoms with Crippen LogP contribution in [0.25, 0.3) is 0 Å². The van der Waals surface area contributed by atoms with E-state index in [1.807, 2.05) is 26.8 Å². The third-order valence-electron chi connectivity index (χ3n) is 6.70. The number of aryl methyl sites for hydroxylation is 1. The van der Waals surface area contributed by atoms with E-state index in [0.29, 0.717) is 24.8 Å². The molecule has 1 saturated heterocycles. The molecular formula is C27H33N3O5. The normalized spacial score (nSPS) is 14.8. The number of amides is 1. The third-order valence-corrected chi connectivity index (χ3v) is 6.70. The van der Waals surface area contributed by atoms with E-state index in [1.54, 1.807) is 23.1 Å². The molecule has 4 rings (SSSR count). The van der Waals surface area contributed by atoms with Crippen LogP contribution in [0.1, 0.15) is 79.9 Å². The summed E-state index contributed by atoms with van der Waals surface area (Å²) in [5, 5.41) is 16.9. The molecule has 8 nitrogen and oxygen atoms in total. The highest BCUT2D eigenvalue weighted by Gasteiger charge is 2.29. The molecule has 0 spiro atoms. The fourth-order valence-electron chi connectivity index (χ4n) is 4.66. The van der Waals surface area contributed by atoms with Gasteiger partial charge >= 0.3 is 0 Å². The standard InChI is InChI=1S/C27H33N3O5/c1-14(2)18-13-20(35-16(18)5)21(15(3)4)29-23-22(25(32)26(23)33)28-19-10-8-9-17(24(19)31)27(34)30-11-6-7-12-30/h8-10,13-15,21,28-29,31H,6-7,11-12H2,1-5H3. The van der Waals surface area contributed by atoms with Crippen LogP contribution in [-0.2, 0) is 0 Å². The lowest BCUT2D eigenvalue weighted by molar-refractivity contribution is 0.0790. The van der Waals surface area contributed by atoms with Gasteiger partial charge in [-0.2, -0.15) is 0 Å². The molecule has 0 bridgehead atoms. The number of aromatic hydroxyl groups is 1. The predicted octanol–water partition coefficient (Wildman–Crippen LogP) is 4.80. The molecule has 1 aromatic heterocycles.